The quantitative estimate of drug-likeness (QED) is 0.392. The smallest absolute Gasteiger partial charge is 0.416 e. The molecule has 0 spiro atoms. The summed E-state index contributed by atoms with van der Waals surface area (Å²) in [6, 6.07) is 6.85. The van der Waals surface area contributed by atoms with Crippen molar-refractivity contribution >= 4 is 23.2 Å². The van der Waals surface area contributed by atoms with Crippen LogP contribution in [0.4, 0.5) is 23.2 Å². The number of carbonyl (C=O) groups excluding carboxylic acids is 1. The summed E-state index contributed by atoms with van der Waals surface area (Å²) in [5.41, 5.74) is -4.21. The maximum atomic E-state index is 17.0. The second kappa shape index (κ2) is 9.53. The Kier molecular flexibility index (Phi) is 7.07. The average molecular weight is 528 g/mol. The molecule has 1 fully saturated rings. The Morgan fingerprint density at radius 2 is 1.69 bits per heavy atom. The molecule has 1 amide bonds. The van der Waals surface area contributed by atoms with Gasteiger partial charge in [0, 0.05) is 16.1 Å². The van der Waals surface area contributed by atoms with E-state index >= 15 is 4.39 Å². The van der Waals surface area contributed by atoms with E-state index in [0.717, 1.165) is 29.5 Å². The third kappa shape index (κ3) is 4.26. The van der Waals surface area contributed by atoms with E-state index in [1.54, 1.807) is 0 Å². The van der Waals surface area contributed by atoms with E-state index in [4.69, 9.17) is 21.1 Å². The predicted octanol–water partition coefficient (Wildman–Crippen LogP) is 7.01. The molecule has 2 aromatic carbocycles. The molecule has 0 bridgehead atoms. The van der Waals surface area contributed by atoms with E-state index in [9.17, 15) is 18.0 Å². The number of alkyl halides is 4. The molecule has 0 aliphatic carbocycles. The molecule has 2 aliphatic rings. The third-order valence-electron chi connectivity index (χ3n) is 8.01. The number of methoxy groups -OCH3 is 1. The van der Waals surface area contributed by atoms with Crippen LogP contribution in [0.25, 0.3) is 0 Å². The minimum atomic E-state index is -4.66. The second-order valence-electron chi connectivity index (χ2n) is 9.85. The Hall–Kier alpha value is -2.32. The maximum absolute atomic E-state index is 17.0. The highest BCUT2D eigenvalue weighted by molar-refractivity contribution is 6.30. The van der Waals surface area contributed by atoms with Crippen LogP contribution >= 0.6 is 11.6 Å². The van der Waals surface area contributed by atoms with Crippen molar-refractivity contribution in [1.29, 1.82) is 0 Å². The summed E-state index contributed by atoms with van der Waals surface area (Å²) >= 11 is 6.13. The van der Waals surface area contributed by atoms with Crippen molar-refractivity contribution in [3.05, 3.63) is 58.1 Å². The summed E-state index contributed by atoms with van der Waals surface area (Å²) in [5.74, 6) is -0.405. The number of nitrogens with zero attached hydrogens (tertiary/aromatic N) is 1. The first-order valence-electron chi connectivity index (χ1n) is 12.1. The largest absolute Gasteiger partial charge is 0.496 e. The molecule has 6 unspecified atom stereocenters. The van der Waals surface area contributed by atoms with E-state index in [1.165, 1.54) is 25.3 Å². The van der Waals surface area contributed by atoms with Gasteiger partial charge in [0.1, 0.15) is 5.75 Å². The predicted molar refractivity (Wildman–Crippen MR) is 130 cm³/mol. The zero-order valence-corrected chi connectivity index (χ0v) is 21.6. The minimum Gasteiger partial charge on any atom is -0.496 e. The van der Waals surface area contributed by atoms with Gasteiger partial charge >= 0.3 is 6.18 Å². The van der Waals surface area contributed by atoms with E-state index in [1.807, 2.05) is 13.8 Å². The number of benzene rings is 2. The Morgan fingerprint density at radius 1 is 1.03 bits per heavy atom. The van der Waals surface area contributed by atoms with Crippen LogP contribution in [0.5, 0.6) is 5.75 Å². The molecule has 196 valence electrons. The summed E-state index contributed by atoms with van der Waals surface area (Å²) in [6.45, 7) is 8.13. The summed E-state index contributed by atoms with van der Waals surface area (Å²) < 4.78 is 69.5. The summed E-state index contributed by atoms with van der Waals surface area (Å²) in [4.78, 5) is 14.9. The van der Waals surface area contributed by atoms with Crippen LogP contribution in [0.3, 0.4) is 0 Å². The molecule has 0 aromatic heterocycles. The number of hydrogen-bond acceptors (Lipinski definition) is 3. The van der Waals surface area contributed by atoms with Crippen LogP contribution in [-0.2, 0) is 21.4 Å². The van der Waals surface area contributed by atoms with Crippen LogP contribution < -0.4 is 9.64 Å². The lowest BCUT2D eigenvalue weighted by atomic mass is 9.75. The van der Waals surface area contributed by atoms with Gasteiger partial charge in [-0.2, -0.15) is 13.2 Å². The van der Waals surface area contributed by atoms with Gasteiger partial charge < -0.3 is 14.4 Å². The molecule has 6 atom stereocenters. The molecule has 4 nitrogen and oxygen atoms in total. The number of amides is 1. The Labute approximate surface area is 213 Å². The van der Waals surface area contributed by atoms with Gasteiger partial charge in [-0.15, -0.1) is 0 Å². The van der Waals surface area contributed by atoms with Gasteiger partial charge in [0.25, 0.3) is 5.91 Å². The Bertz CT molecular complexity index is 1150. The molecule has 2 aliphatic heterocycles. The van der Waals surface area contributed by atoms with Gasteiger partial charge in [0.15, 0.2) is 0 Å². The zero-order valence-electron chi connectivity index (χ0n) is 20.8. The van der Waals surface area contributed by atoms with Gasteiger partial charge in [-0.1, -0.05) is 45.4 Å². The molecule has 2 heterocycles. The van der Waals surface area contributed by atoms with E-state index < -0.39 is 29.4 Å². The SMILES string of the molecule is CCC1OC(CN2C(=O)C(F)(c3cc(Cl)ccc3OC)c3ccc(C(F)(F)F)cc32)C(C)C(C)C1C. The van der Waals surface area contributed by atoms with Gasteiger partial charge in [-0.25, -0.2) is 4.39 Å². The highest BCUT2D eigenvalue weighted by Gasteiger charge is 2.56. The number of fused-ring (bicyclic) bond motifs is 1. The summed E-state index contributed by atoms with van der Waals surface area (Å²) in [6.07, 6.45) is -4.45. The fourth-order valence-electron chi connectivity index (χ4n) is 5.51. The molecule has 1 saturated heterocycles. The standard InChI is InChI=1S/C27H30ClF4NO3/c1-6-22-15(3)14(2)16(4)24(36-22)13-33-21-11-17(27(30,31)32)7-9-19(21)26(29,25(33)34)20-12-18(28)8-10-23(20)35-5/h7-12,14-16,22,24H,6,13H2,1-5H3. The number of ether oxygens (including phenoxy) is 2. The van der Waals surface area contributed by atoms with Crippen molar-refractivity contribution in [3.8, 4) is 5.75 Å². The van der Waals surface area contributed by atoms with Gasteiger partial charge in [-0.05, 0) is 54.5 Å². The van der Waals surface area contributed by atoms with E-state index in [-0.39, 0.29) is 58.0 Å². The van der Waals surface area contributed by atoms with Crippen molar-refractivity contribution in [2.24, 2.45) is 17.8 Å². The van der Waals surface area contributed by atoms with E-state index in [0.29, 0.717) is 0 Å². The summed E-state index contributed by atoms with van der Waals surface area (Å²) in [5, 5.41) is 0.167. The molecule has 0 N–H and O–H groups in total. The topological polar surface area (TPSA) is 38.8 Å². The lowest BCUT2D eigenvalue weighted by Crippen LogP contribution is -2.51. The number of rotatable bonds is 5. The second-order valence-corrected chi connectivity index (χ2v) is 10.3. The van der Waals surface area contributed by atoms with Gasteiger partial charge in [0.2, 0.25) is 5.67 Å². The number of anilines is 1. The Morgan fingerprint density at radius 3 is 2.31 bits per heavy atom. The first-order chi connectivity index (χ1) is 16.8. The normalized spacial score (nSPS) is 30.4. The number of hydrogen-bond donors (Lipinski definition) is 0. The average Bonchev–Trinajstić information content (AvgIpc) is 3.05. The number of halogens is 5. The van der Waals surface area contributed by atoms with Gasteiger partial charge in [0.05, 0.1) is 37.1 Å². The number of carbonyl (C=O) groups is 1. The Balaban J connectivity index is 1.85. The minimum absolute atomic E-state index is 0.000154. The first-order valence-corrected chi connectivity index (χ1v) is 12.4. The highest BCUT2D eigenvalue weighted by Crippen LogP contribution is 2.52. The summed E-state index contributed by atoms with van der Waals surface area (Å²) in [7, 11) is 1.33. The first kappa shape index (κ1) is 26.7. The van der Waals surface area contributed by atoms with Crippen LogP contribution in [-0.4, -0.2) is 31.8 Å². The zero-order chi connectivity index (χ0) is 26.6. The molecular weight excluding hydrogens is 498 g/mol. The van der Waals surface area contributed by atoms with Crippen LogP contribution in [0, 0.1) is 17.8 Å². The molecule has 9 heteroatoms. The highest BCUT2D eigenvalue weighted by atomic mass is 35.5. The maximum Gasteiger partial charge on any atom is 0.416 e. The molecule has 36 heavy (non-hydrogen) atoms. The fourth-order valence-corrected chi connectivity index (χ4v) is 5.68. The van der Waals surface area contributed by atoms with Crippen molar-refractivity contribution < 1.29 is 31.8 Å². The van der Waals surface area contributed by atoms with Crippen LogP contribution in [0.15, 0.2) is 36.4 Å². The molecule has 4 rings (SSSR count). The molecule has 2 aromatic rings. The van der Waals surface area contributed by atoms with Crippen molar-refractivity contribution in [2.45, 2.75) is 58.2 Å². The van der Waals surface area contributed by atoms with Crippen LogP contribution in [0.1, 0.15) is 50.8 Å². The monoisotopic (exact) mass is 527 g/mol. The van der Waals surface area contributed by atoms with Gasteiger partial charge in [-0.3, -0.25) is 4.79 Å². The van der Waals surface area contributed by atoms with Crippen molar-refractivity contribution in [2.75, 3.05) is 18.6 Å². The van der Waals surface area contributed by atoms with E-state index in [2.05, 4.69) is 13.8 Å². The van der Waals surface area contributed by atoms with Crippen LogP contribution in [0.2, 0.25) is 5.02 Å². The molecular formula is C27H30ClF4NO3. The molecule has 0 saturated carbocycles. The van der Waals surface area contributed by atoms with Crippen molar-refractivity contribution in [1.82, 2.24) is 0 Å². The fraction of sp³-hybridized carbons (Fsp3) is 0.519. The molecule has 0 radical (unpaired) electrons. The third-order valence-corrected chi connectivity index (χ3v) is 8.24. The lowest BCUT2D eigenvalue weighted by Gasteiger charge is -2.44. The van der Waals surface area contributed by atoms with Crippen molar-refractivity contribution in [3.63, 3.8) is 0 Å². The lowest BCUT2D eigenvalue weighted by molar-refractivity contribution is -0.138.